The van der Waals surface area contributed by atoms with Gasteiger partial charge in [0.1, 0.15) is 0 Å². The van der Waals surface area contributed by atoms with E-state index in [0.717, 1.165) is 18.7 Å². The molecule has 0 radical (unpaired) electrons. The van der Waals surface area contributed by atoms with Crippen LogP contribution in [0, 0.1) is 0 Å². The van der Waals surface area contributed by atoms with Crippen molar-refractivity contribution >= 4 is 28.6 Å². The van der Waals surface area contributed by atoms with Gasteiger partial charge in [-0.1, -0.05) is 17.7 Å². The number of rotatable bonds is 4. The standard InChI is InChI=1S/C12H13ClN2S/c13-10-4-9(5-11(14)6-10)7-15-8-12-2-1-3-16-12/h1-6,15H,7-8,14H2. The highest BCUT2D eigenvalue weighted by Gasteiger charge is 1.98. The predicted molar refractivity (Wildman–Crippen MR) is 70.7 cm³/mol. The Hall–Kier alpha value is -1.03. The minimum Gasteiger partial charge on any atom is -0.399 e. The Balaban J connectivity index is 1.89. The fraction of sp³-hybridized carbons (Fsp3) is 0.167. The van der Waals surface area contributed by atoms with Gasteiger partial charge in [-0.05, 0) is 35.2 Å². The van der Waals surface area contributed by atoms with Crippen LogP contribution in [0.25, 0.3) is 0 Å². The average molecular weight is 253 g/mol. The Bertz CT molecular complexity index is 434. The average Bonchev–Trinajstić information content (AvgIpc) is 2.69. The Labute approximate surface area is 104 Å². The largest absolute Gasteiger partial charge is 0.399 e. The zero-order valence-electron chi connectivity index (χ0n) is 8.74. The van der Waals surface area contributed by atoms with Crippen LogP contribution in [0.4, 0.5) is 5.69 Å². The molecule has 0 aliphatic rings. The van der Waals surface area contributed by atoms with E-state index >= 15 is 0 Å². The second-order valence-corrected chi connectivity index (χ2v) is 5.04. The molecule has 1 aromatic carbocycles. The molecule has 0 bridgehead atoms. The van der Waals surface area contributed by atoms with Gasteiger partial charge in [0.15, 0.2) is 0 Å². The Morgan fingerprint density at radius 3 is 2.81 bits per heavy atom. The molecule has 0 atom stereocenters. The first-order valence-corrected chi connectivity index (χ1v) is 6.28. The molecule has 0 saturated heterocycles. The minimum atomic E-state index is 0.688. The van der Waals surface area contributed by atoms with Crippen LogP contribution >= 0.6 is 22.9 Å². The van der Waals surface area contributed by atoms with Gasteiger partial charge in [0.2, 0.25) is 0 Å². The van der Waals surface area contributed by atoms with Crippen molar-refractivity contribution in [1.82, 2.24) is 5.32 Å². The lowest BCUT2D eigenvalue weighted by Crippen LogP contribution is -2.11. The van der Waals surface area contributed by atoms with Crippen LogP contribution in [-0.4, -0.2) is 0 Å². The zero-order chi connectivity index (χ0) is 11.4. The number of halogens is 1. The SMILES string of the molecule is Nc1cc(Cl)cc(CNCc2cccs2)c1. The summed E-state index contributed by atoms with van der Waals surface area (Å²) in [5, 5.41) is 6.12. The number of anilines is 1. The normalized spacial score (nSPS) is 10.6. The molecule has 2 rings (SSSR count). The topological polar surface area (TPSA) is 38.0 Å². The number of nitrogens with one attached hydrogen (secondary N) is 1. The summed E-state index contributed by atoms with van der Waals surface area (Å²) in [4.78, 5) is 1.33. The molecular formula is C12H13ClN2S. The molecule has 0 fully saturated rings. The predicted octanol–water partition coefficient (Wildman–Crippen LogP) is 3.27. The van der Waals surface area contributed by atoms with Gasteiger partial charge in [-0.25, -0.2) is 0 Å². The summed E-state index contributed by atoms with van der Waals surface area (Å²) in [5.74, 6) is 0. The van der Waals surface area contributed by atoms with Gasteiger partial charge in [-0.15, -0.1) is 11.3 Å². The first kappa shape index (κ1) is 11.5. The lowest BCUT2D eigenvalue weighted by Gasteiger charge is -2.05. The minimum absolute atomic E-state index is 0.688. The molecule has 84 valence electrons. The van der Waals surface area contributed by atoms with Crippen molar-refractivity contribution < 1.29 is 0 Å². The van der Waals surface area contributed by atoms with Crippen LogP contribution in [-0.2, 0) is 13.1 Å². The monoisotopic (exact) mass is 252 g/mol. The van der Waals surface area contributed by atoms with Crippen molar-refractivity contribution in [2.24, 2.45) is 0 Å². The highest BCUT2D eigenvalue weighted by atomic mass is 35.5. The quantitative estimate of drug-likeness (QED) is 0.820. The van der Waals surface area contributed by atoms with Crippen LogP contribution in [0.1, 0.15) is 10.4 Å². The molecule has 4 heteroatoms. The Morgan fingerprint density at radius 1 is 1.25 bits per heavy atom. The number of thiophene rings is 1. The molecule has 2 nitrogen and oxygen atoms in total. The molecule has 3 N–H and O–H groups in total. The molecule has 0 amide bonds. The van der Waals surface area contributed by atoms with Gasteiger partial charge in [-0.2, -0.15) is 0 Å². The number of benzene rings is 1. The van der Waals surface area contributed by atoms with E-state index in [9.17, 15) is 0 Å². The maximum Gasteiger partial charge on any atom is 0.0429 e. The van der Waals surface area contributed by atoms with Crippen molar-refractivity contribution in [2.75, 3.05) is 5.73 Å². The summed E-state index contributed by atoms with van der Waals surface area (Å²) in [6.45, 7) is 1.66. The summed E-state index contributed by atoms with van der Waals surface area (Å²) < 4.78 is 0. The van der Waals surface area contributed by atoms with Crippen LogP contribution in [0.2, 0.25) is 5.02 Å². The third-order valence-corrected chi connectivity index (χ3v) is 3.28. The van der Waals surface area contributed by atoms with Gasteiger partial charge in [0, 0.05) is 28.7 Å². The molecule has 0 unspecified atom stereocenters. The highest BCUT2D eigenvalue weighted by molar-refractivity contribution is 7.09. The van der Waals surface area contributed by atoms with Gasteiger partial charge in [0.25, 0.3) is 0 Å². The van der Waals surface area contributed by atoms with Gasteiger partial charge in [-0.3, -0.25) is 0 Å². The molecule has 1 heterocycles. The van der Waals surface area contributed by atoms with Crippen LogP contribution in [0.3, 0.4) is 0 Å². The number of hydrogen-bond acceptors (Lipinski definition) is 3. The molecular weight excluding hydrogens is 240 g/mol. The van der Waals surface area contributed by atoms with Crippen molar-refractivity contribution in [3.8, 4) is 0 Å². The van der Waals surface area contributed by atoms with E-state index in [-0.39, 0.29) is 0 Å². The van der Waals surface area contributed by atoms with E-state index in [2.05, 4.69) is 22.8 Å². The number of nitrogen functional groups attached to an aromatic ring is 1. The third kappa shape index (κ3) is 3.23. The first-order chi connectivity index (χ1) is 7.74. The molecule has 1 aromatic heterocycles. The molecule has 0 spiro atoms. The molecule has 16 heavy (non-hydrogen) atoms. The van der Waals surface area contributed by atoms with E-state index < -0.39 is 0 Å². The summed E-state index contributed by atoms with van der Waals surface area (Å²) >= 11 is 7.67. The smallest absolute Gasteiger partial charge is 0.0429 e. The number of hydrogen-bond donors (Lipinski definition) is 2. The van der Waals surface area contributed by atoms with Gasteiger partial charge < -0.3 is 11.1 Å². The number of nitrogens with two attached hydrogens (primary N) is 1. The van der Waals surface area contributed by atoms with E-state index in [0.29, 0.717) is 10.7 Å². The summed E-state index contributed by atoms with van der Waals surface area (Å²) in [6, 6.07) is 9.79. The van der Waals surface area contributed by atoms with Crippen molar-refractivity contribution in [2.45, 2.75) is 13.1 Å². The van der Waals surface area contributed by atoms with Crippen molar-refractivity contribution in [1.29, 1.82) is 0 Å². The van der Waals surface area contributed by atoms with Gasteiger partial charge >= 0.3 is 0 Å². The molecule has 2 aromatic rings. The van der Waals surface area contributed by atoms with E-state index in [1.807, 2.05) is 12.1 Å². The fourth-order valence-corrected chi connectivity index (χ4v) is 2.46. The summed E-state index contributed by atoms with van der Waals surface area (Å²) in [5.41, 5.74) is 7.54. The fourth-order valence-electron chi connectivity index (χ4n) is 1.52. The first-order valence-electron chi connectivity index (χ1n) is 5.02. The van der Waals surface area contributed by atoms with Crippen LogP contribution < -0.4 is 11.1 Å². The Morgan fingerprint density at radius 2 is 2.12 bits per heavy atom. The van der Waals surface area contributed by atoms with Crippen molar-refractivity contribution in [3.05, 3.63) is 51.2 Å². The maximum absolute atomic E-state index is 5.92. The Kier molecular flexibility index (Phi) is 3.83. The summed E-state index contributed by atoms with van der Waals surface area (Å²) in [7, 11) is 0. The van der Waals surface area contributed by atoms with Crippen LogP contribution in [0.5, 0.6) is 0 Å². The molecule has 0 saturated carbocycles. The molecule has 0 aliphatic heterocycles. The maximum atomic E-state index is 5.92. The summed E-state index contributed by atoms with van der Waals surface area (Å²) in [6.07, 6.45) is 0. The van der Waals surface area contributed by atoms with E-state index in [1.54, 1.807) is 17.4 Å². The second kappa shape index (κ2) is 5.34. The lowest BCUT2D eigenvalue weighted by molar-refractivity contribution is 0.701. The second-order valence-electron chi connectivity index (χ2n) is 3.58. The highest BCUT2D eigenvalue weighted by Crippen LogP contribution is 2.16. The molecule has 0 aliphatic carbocycles. The van der Waals surface area contributed by atoms with E-state index in [1.165, 1.54) is 4.88 Å². The zero-order valence-corrected chi connectivity index (χ0v) is 10.3. The van der Waals surface area contributed by atoms with Crippen molar-refractivity contribution in [3.63, 3.8) is 0 Å². The third-order valence-electron chi connectivity index (χ3n) is 2.19. The van der Waals surface area contributed by atoms with E-state index in [4.69, 9.17) is 17.3 Å². The van der Waals surface area contributed by atoms with Gasteiger partial charge in [0.05, 0.1) is 0 Å². The lowest BCUT2D eigenvalue weighted by atomic mass is 10.2. The van der Waals surface area contributed by atoms with Crippen LogP contribution in [0.15, 0.2) is 35.7 Å².